The molecule has 0 aliphatic heterocycles. The molecule has 5 aromatic rings. The maximum atomic E-state index is 13.4. The monoisotopic (exact) mass is 491 g/mol. The first-order chi connectivity index (χ1) is 16.7. The van der Waals surface area contributed by atoms with E-state index in [1.165, 1.54) is 21.2 Å². The van der Waals surface area contributed by atoms with Gasteiger partial charge in [0.15, 0.2) is 5.16 Å². The molecule has 0 unspecified atom stereocenters. The average Bonchev–Trinajstić information content (AvgIpc) is 3.53. The molecule has 1 N–H and O–H groups in total. The van der Waals surface area contributed by atoms with Gasteiger partial charge in [0.2, 0.25) is 11.7 Å². The number of benzene rings is 2. The third-order valence-corrected chi connectivity index (χ3v) is 7.18. The quantitative estimate of drug-likeness (QED) is 0.334. The fourth-order valence-corrected chi connectivity index (χ4v) is 5.19. The number of methoxy groups -OCH3 is 1. The van der Waals surface area contributed by atoms with Crippen LogP contribution in [-0.4, -0.2) is 44.5 Å². The number of para-hydroxylation sites is 1. The Morgan fingerprint density at radius 1 is 1.12 bits per heavy atom. The third-order valence-electron chi connectivity index (χ3n) is 5.31. The van der Waals surface area contributed by atoms with E-state index in [1.54, 1.807) is 30.6 Å². The predicted molar refractivity (Wildman–Crippen MR) is 134 cm³/mol. The molecule has 0 saturated heterocycles. The van der Waals surface area contributed by atoms with Gasteiger partial charge in [-0.15, -0.1) is 21.5 Å². The zero-order chi connectivity index (χ0) is 23.5. The van der Waals surface area contributed by atoms with Gasteiger partial charge in [0.25, 0.3) is 5.56 Å². The molecule has 2 aromatic carbocycles. The molecular weight excluding hydrogens is 470 g/mol. The number of thiophene rings is 1. The van der Waals surface area contributed by atoms with E-state index in [2.05, 4.69) is 21.6 Å². The lowest BCUT2D eigenvalue weighted by molar-refractivity contribution is -0.118. The van der Waals surface area contributed by atoms with E-state index < -0.39 is 0 Å². The first kappa shape index (κ1) is 22.2. The highest BCUT2D eigenvalue weighted by Crippen LogP contribution is 2.24. The van der Waals surface area contributed by atoms with Gasteiger partial charge in [-0.2, -0.15) is 0 Å². The third kappa shape index (κ3) is 4.29. The van der Waals surface area contributed by atoms with Crippen molar-refractivity contribution >= 4 is 45.7 Å². The van der Waals surface area contributed by atoms with Gasteiger partial charge in [0.05, 0.1) is 29.5 Å². The average molecular weight is 492 g/mol. The van der Waals surface area contributed by atoms with Gasteiger partial charge in [0.1, 0.15) is 5.75 Å². The Balaban J connectivity index is 1.47. The van der Waals surface area contributed by atoms with E-state index in [-0.39, 0.29) is 17.2 Å². The number of nitrogens with one attached hydrogen (secondary N) is 1. The van der Waals surface area contributed by atoms with Crippen molar-refractivity contribution < 1.29 is 9.53 Å². The Bertz CT molecular complexity index is 1530. The van der Waals surface area contributed by atoms with Crippen molar-refractivity contribution in [3.8, 4) is 11.4 Å². The number of hydrogen-bond donors (Lipinski definition) is 1. The predicted octanol–water partition coefficient (Wildman–Crippen LogP) is 3.55. The smallest absolute Gasteiger partial charge is 0.267 e. The second-order valence-corrected chi connectivity index (χ2v) is 9.42. The normalized spacial score (nSPS) is 11.2. The summed E-state index contributed by atoms with van der Waals surface area (Å²) in [4.78, 5) is 27.1. The van der Waals surface area contributed by atoms with E-state index in [9.17, 15) is 9.59 Å². The lowest BCUT2D eigenvalue weighted by atomic mass is 10.2. The molecule has 0 aliphatic rings. The molecule has 0 radical (unpaired) electrons. The van der Waals surface area contributed by atoms with Crippen molar-refractivity contribution in [3.63, 3.8) is 0 Å². The summed E-state index contributed by atoms with van der Waals surface area (Å²) in [5, 5.41) is 14.7. The SMILES string of the molecule is COc1cccc(-n2c(=O)c3ccccc3n3c(SCC(=O)NCCc4cccs4)nnc23)c1. The molecule has 10 heteroatoms. The standard InChI is InChI=1S/C24H21N5O3S2/c1-32-17-7-4-6-16(14-17)28-22(31)19-9-2-3-10-20(19)29-23(28)26-27-24(29)34-15-21(30)25-12-11-18-8-5-13-33-18/h2-10,13-14H,11-12,15H2,1H3,(H,25,30). The van der Waals surface area contributed by atoms with E-state index in [0.29, 0.717) is 39.8 Å². The van der Waals surface area contributed by atoms with Crippen molar-refractivity contribution in [3.05, 3.63) is 81.3 Å². The first-order valence-corrected chi connectivity index (χ1v) is 12.5. The summed E-state index contributed by atoms with van der Waals surface area (Å²) in [5.41, 5.74) is 1.11. The van der Waals surface area contributed by atoms with Crippen molar-refractivity contribution in [2.24, 2.45) is 0 Å². The van der Waals surface area contributed by atoms with E-state index in [4.69, 9.17) is 4.74 Å². The zero-order valence-corrected chi connectivity index (χ0v) is 19.9. The van der Waals surface area contributed by atoms with Crippen LogP contribution in [0.4, 0.5) is 0 Å². The van der Waals surface area contributed by atoms with Crippen LogP contribution in [0.15, 0.2) is 76.0 Å². The van der Waals surface area contributed by atoms with Crippen LogP contribution in [0.3, 0.4) is 0 Å². The van der Waals surface area contributed by atoms with Gasteiger partial charge in [-0.3, -0.25) is 14.0 Å². The molecule has 0 saturated carbocycles. The van der Waals surface area contributed by atoms with Crippen LogP contribution >= 0.6 is 23.1 Å². The molecule has 5 rings (SSSR count). The Morgan fingerprint density at radius 2 is 2.00 bits per heavy atom. The molecule has 3 heterocycles. The Labute approximate surface area is 203 Å². The molecule has 1 amide bonds. The molecule has 0 spiro atoms. The van der Waals surface area contributed by atoms with Gasteiger partial charge >= 0.3 is 0 Å². The van der Waals surface area contributed by atoms with Crippen LogP contribution in [-0.2, 0) is 11.2 Å². The summed E-state index contributed by atoms with van der Waals surface area (Å²) in [7, 11) is 1.58. The second kappa shape index (κ2) is 9.70. The van der Waals surface area contributed by atoms with E-state index in [0.717, 1.165) is 6.42 Å². The number of aromatic nitrogens is 4. The maximum absolute atomic E-state index is 13.4. The number of thioether (sulfide) groups is 1. The number of hydrogen-bond acceptors (Lipinski definition) is 7. The topological polar surface area (TPSA) is 90.5 Å². The van der Waals surface area contributed by atoms with Gasteiger partial charge < -0.3 is 10.1 Å². The van der Waals surface area contributed by atoms with Crippen LogP contribution in [0.2, 0.25) is 0 Å². The molecule has 0 bridgehead atoms. The lowest BCUT2D eigenvalue weighted by Crippen LogP contribution is -2.27. The molecule has 8 nitrogen and oxygen atoms in total. The van der Waals surface area contributed by atoms with Crippen LogP contribution in [0.25, 0.3) is 22.4 Å². The summed E-state index contributed by atoms with van der Waals surface area (Å²) < 4.78 is 8.67. The van der Waals surface area contributed by atoms with Crippen LogP contribution in [0.5, 0.6) is 5.75 Å². The molecule has 0 atom stereocenters. The van der Waals surface area contributed by atoms with Crippen LogP contribution in [0, 0.1) is 0 Å². The van der Waals surface area contributed by atoms with Crippen molar-refractivity contribution in [2.75, 3.05) is 19.4 Å². The highest BCUT2D eigenvalue weighted by Gasteiger charge is 2.19. The highest BCUT2D eigenvalue weighted by molar-refractivity contribution is 7.99. The molecule has 3 aromatic heterocycles. The van der Waals surface area contributed by atoms with Gasteiger partial charge in [-0.1, -0.05) is 36.0 Å². The lowest BCUT2D eigenvalue weighted by Gasteiger charge is -2.12. The number of amides is 1. The van der Waals surface area contributed by atoms with Gasteiger partial charge in [-0.05, 0) is 42.1 Å². The maximum Gasteiger partial charge on any atom is 0.267 e. The minimum Gasteiger partial charge on any atom is -0.497 e. The molecule has 172 valence electrons. The fraction of sp³-hybridized carbons (Fsp3) is 0.167. The van der Waals surface area contributed by atoms with Crippen LogP contribution in [0.1, 0.15) is 4.88 Å². The van der Waals surface area contributed by atoms with Crippen LogP contribution < -0.4 is 15.6 Å². The van der Waals surface area contributed by atoms with Crippen molar-refractivity contribution in [1.82, 2.24) is 24.5 Å². The fourth-order valence-electron chi connectivity index (χ4n) is 3.72. The number of fused-ring (bicyclic) bond motifs is 3. The minimum atomic E-state index is -0.202. The molecule has 0 aliphatic carbocycles. The molecule has 34 heavy (non-hydrogen) atoms. The Kier molecular flexibility index (Phi) is 6.33. The van der Waals surface area contributed by atoms with Crippen molar-refractivity contribution in [1.29, 1.82) is 0 Å². The minimum absolute atomic E-state index is 0.0799. The Hall–Kier alpha value is -3.63. The molecule has 0 fully saturated rings. The first-order valence-electron chi connectivity index (χ1n) is 10.6. The zero-order valence-electron chi connectivity index (χ0n) is 18.3. The Morgan fingerprint density at radius 3 is 2.82 bits per heavy atom. The second-order valence-electron chi connectivity index (χ2n) is 7.45. The largest absolute Gasteiger partial charge is 0.497 e. The summed E-state index contributed by atoms with van der Waals surface area (Å²) in [5.74, 6) is 1.11. The number of carbonyl (C=O) groups is 1. The number of carbonyl (C=O) groups excluding carboxylic acids is 1. The summed E-state index contributed by atoms with van der Waals surface area (Å²) in [6, 6.07) is 18.6. The number of rotatable bonds is 8. The number of nitrogens with zero attached hydrogens (tertiary/aromatic N) is 4. The van der Waals surface area contributed by atoms with Gasteiger partial charge in [0, 0.05) is 17.5 Å². The summed E-state index contributed by atoms with van der Waals surface area (Å²) >= 11 is 2.96. The number of ether oxygens (including phenoxy) is 1. The highest BCUT2D eigenvalue weighted by atomic mass is 32.2. The van der Waals surface area contributed by atoms with Crippen molar-refractivity contribution in [2.45, 2.75) is 11.6 Å². The summed E-state index contributed by atoms with van der Waals surface area (Å²) in [6.07, 6.45) is 0.805. The van der Waals surface area contributed by atoms with Gasteiger partial charge in [-0.25, -0.2) is 4.57 Å². The van der Waals surface area contributed by atoms with E-state index in [1.807, 2.05) is 52.2 Å². The molecular formula is C24H21N5O3S2. The van der Waals surface area contributed by atoms with E-state index >= 15 is 0 Å². The summed E-state index contributed by atoms with van der Waals surface area (Å²) in [6.45, 7) is 0.582.